The molecule has 90 valence electrons. The number of allylic oxidation sites excluding steroid dienone is 2. The number of hydrogen-bond donors (Lipinski definition) is 2. The van der Waals surface area contributed by atoms with Gasteiger partial charge in [-0.25, -0.2) is 0 Å². The number of ketones is 1. The van der Waals surface area contributed by atoms with Gasteiger partial charge in [-0.15, -0.1) is 0 Å². The van der Waals surface area contributed by atoms with Gasteiger partial charge in [-0.2, -0.15) is 0 Å². The van der Waals surface area contributed by atoms with Gasteiger partial charge in [0, 0.05) is 24.4 Å². The highest BCUT2D eigenvalue weighted by Gasteiger charge is 2.27. The molecule has 1 heterocycles. The Labute approximate surface area is 101 Å². The quantitative estimate of drug-likeness (QED) is 0.819. The van der Waals surface area contributed by atoms with Crippen molar-refractivity contribution >= 4 is 17.2 Å². The van der Waals surface area contributed by atoms with Gasteiger partial charge in [0.25, 0.3) is 0 Å². The van der Waals surface area contributed by atoms with Crippen molar-refractivity contribution in [3.63, 3.8) is 0 Å². The van der Waals surface area contributed by atoms with Crippen LogP contribution in [-0.2, 0) is 4.79 Å². The molecule has 0 fully saturated rings. The number of nitrogens with zero attached hydrogens (tertiary/aromatic N) is 1. The van der Waals surface area contributed by atoms with E-state index in [1.165, 1.54) is 0 Å². The molecule has 0 bridgehead atoms. The predicted molar refractivity (Wildman–Crippen MR) is 68.4 cm³/mol. The van der Waals surface area contributed by atoms with Crippen molar-refractivity contribution in [2.45, 2.75) is 26.7 Å². The second kappa shape index (κ2) is 4.20. The molecule has 0 aliphatic heterocycles. The van der Waals surface area contributed by atoms with Gasteiger partial charge in [0.15, 0.2) is 5.78 Å². The molecule has 4 heteroatoms. The van der Waals surface area contributed by atoms with Crippen LogP contribution in [0.2, 0.25) is 0 Å². The Morgan fingerprint density at radius 3 is 2.82 bits per heavy atom. The highest BCUT2D eigenvalue weighted by Crippen LogP contribution is 2.34. The molecular weight excluding hydrogens is 214 g/mol. The van der Waals surface area contributed by atoms with Crippen LogP contribution in [0.3, 0.4) is 0 Å². The van der Waals surface area contributed by atoms with Crippen LogP contribution in [0.15, 0.2) is 30.2 Å². The van der Waals surface area contributed by atoms with Crippen molar-refractivity contribution in [1.29, 1.82) is 0 Å². The molecule has 4 nitrogen and oxygen atoms in total. The Kier molecular flexibility index (Phi) is 2.88. The Bertz CT molecular complexity index is 477. The third kappa shape index (κ3) is 2.84. The lowest BCUT2D eigenvalue weighted by atomic mass is 9.79. The van der Waals surface area contributed by atoms with Crippen LogP contribution in [0.5, 0.6) is 0 Å². The average Bonchev–Trinajstić information content (AvgIpc) is 2.18. The fourth-order valence-electron chi connectivity index (χ4n) is 2.11. The molecule has 1 aromatic heterocycles. The molecule has 17 heavy (non-hydrogen) atoms. The van der Waals surface area contributed by atoms with Gasteiger partial charge < -0.3 is 11.1 Å². The number of carbonyl (C=O) groups is 1. The van der Waals surface area contributed by atoms with E-state index in [-0.39, 0.29) is 11.2 Å². The van der Waals surface area contributed by atoms with Crippen molar-refractivity contribution < 1.29 is 4.79 Å². The van der Waals surface area contributed by atoms with Crippen LogP contribution in [-0.4, -0.2) is 10.8 Å². The van der Waals surface area contributed by atoms with E-state index in [1.54, 1.807) is 24.5 Å². The highest BCUT2D eigenvalue weighted by atomic mass is 16.1. The fourth-order valence-corrected chi connectivity index (χ4v) is 2.11. The number of pyridine rings is 1. The summed E-state index contributed by atoms with van der Waals surface area (Å²) in [5, 5.41) is 3.19. The second-order valence-electron chi connectivity index (χ2n) is 5.24. The molecule has 0 amide bonds. The van der Waals surface area contributed by atoms with Crippen molar-refractivity contribution in [2.75, 3.05) is 11.1 Å². The van der Waals surface area contributed by atoms with Crippen LogP contribution in [0.1, 0.15) is 26.7 Å². The number of rotatable bonds is 2. The van der Waals surface area contributed by atoms with Gasteiger partial charge in [-0.1, -0.05) is 13.8 Å². The molecule has 1 aromatic rings. The Balaban J connectivity index is 2.20. The van der Waals surface area contributed by atoms with E-state index in [0.717, 1.165) is 17.8 Å². The van der Waals surface area contributed by atoms with E-state index in [9.17, 15) is 4.79 Å². The van der Waals surface area contributed by atoms with Gasteiger partial charge in [0.2, 0.25) is 0 Å². The summed E-state index contributed by atoms with van der Waals surface area (Å²) in [5.41, 5.74) is 8.13. The van der Waals surface area contributed by atoms with Crippen molar-refractivity contribution in [2.24, 2.45) is 5.41 Å². The topological polar surface area (TPSA) is 68.0 Å². The van der Waals surface area contributed by atoms with Crippen LogP contribution in [0.4, 0.5) is 11.4 Å². The van der Waals surface area contributed by atoms with E-state index in [4.69, 9.17) is 5.73 Å². The summed E-state index contributed by atoms with van der Waals surface area (Å²) in [5.74, 6) is 0.159. The first-order chi connectivity index (χ1) is 7.96. The molecule has 2 rings (SSSR count). The number of hydrogen-bond acceptors (Lipinski definition) is 4. The van der Waals surface area contributed by atoms with E-state index in [0.29, 0.717) is 12.1 Å². The van der Waals surface area contributed by atoms with Crippen LogP contribution >= 0.6 is 0 Å². The first kappa shape index (κ1) is 11.6. The Morgan fingerprint density at radius 2 is 2.18 bits per heavy atom. The van der Waals surface area contributed by atoms with Crippen LogP contribution in [0.25, 0.3) is 0 Å². The lowest BCUT2D eigenvalue weighted by Crippen LogP contribution is -2.24. The second-order valence-corrected chi connectivity index (χ2v) is 5.24. The Morgan fingerprint density at radius 1 is 1.41 bits per heavy atom. The molecule has 1 aliphatic rings. The van der Waals surface area contributed by atoms with Gasteiger partial charge in [-0.05, 0) is 17.9 Å². The number of anilines is 2. The third-order valence-electron chi connectivity index (χ3n) is 2.81. The standard InChI is InChI=1S/C13H17N3O/c1-13(2)6-9(5-10(17)7-13)16-12-8-15-4-3-11(12)14/h3-5,8,16H,6-7H2,1-2H3,(H2,14,15). The van der Waals surface area contributed by atoms with Gasteiger partial charge >= 0.3 is 0 Å². The van der Waals surface area contributed by atoms with Crippen molar-refractivity contribution in [3.8, 4) is 0 Å². The summed E-state index contributed by atoms with van der Waals surface area (Å²) in [4.78, 5) is 15.6. The van der Waals surface area contributed by atoms with E-state index >= 15 is 0 Å². The largest absolute Gasteiger partial charge is 0.397 e. The van der Waals surface area contributed by atoms with E-state index in [1.807, 2.05) is 0 Å². The fraction of sp³-hybridized carbons (Fsp3) is 0.385. The molecule has 0 spiro atoms. The molecule has 0 atom stereocenters. The van der Waals surface area contributed by atoms with Crippen molar-refractivity contribution in [3.05, 3.63) is 30.2 Å². The van der Waals surface area contributed by atoms with Crippen molar-refractivity contribution in [1.82, 2.24) is 4.98 Å². The molecule has 0 saturated heterocycles. The number of aromatic nitrogens is 1. The average molecular weight is 231 g/mol. The van der Waals surface area contributed by atoms with E-state index in [2.05, 4.69) is 24.1 Å². The summed E-state index contributed by atoms with van der Waals surface area (Å²) >= 11 is 0. The summed E-state index contributed by atoms with van der Waals surface area (Å²) in [6, 6.07) is 1.73. The zero-order valence-corrected chi connectivity index (χ0v) is 10.2. The minimum Gasteiger partial charge on any atom is -0.397 e. The molecule has 0 radical (unpaired) electrons. The molecule has 0 unspecified atom stereocenters. The maximum atomic E-state index is 11.6. The highest BCUT2D eigenvalue weighted by molar-refractivity contribution is 5.92. The first-order valence-electron chi connectivity index (χ1n) is 5.66. The summed E-state index contributed by atoms with van der Waals surface area (Å²) in [7, 11) is 0. The van der Waals surface area contributed by atoms with Gasteiger partial charge in [0.1, 0.15) is 0 Å². The maximum absolute atomic E-state index is 11.6. The lowest BCUT2D eigenvalue weighted by molar-refractivity contribution is -0.117. The maximum Gasteiger partial charge on any atom is 0.157 e. The van der Waals surface area contributed by atoms with Gasteiger partial charge in [0.05, 0.1) is 17.6 Å². The zero-order chi connectivity index (χ0) is 12.5. The Hall–Kier alpha value is -1.84. The molecular formula is C13H17N3O. The zero-order valence-electron chi connectivity index (χ0n) is 10.2. The smallest absolute Gasteiger partial charge is 0.157 e. The first-order valence-corrected chi connectivity index (χ1v) is 5.66. The van der Waals surface area contributed by atoms with E-state index < -0.39 is 0 Å². The summed E-state index contributed by atoms with van der Waals surface area (Å²) in [6.07, 6.45) is 6.42. The summed E-state index contributed by atoms with van der Waals surface area (Å²) in [6.45, 7) is 4.18. The SMILES string of the molecule is CC1(C)CC(=O)C=C(Nc2cnccc2N)C1. The number of nitrogens with two attached hydrogens (primary N) is 1. The van der Waals surface area contributed by atoms with Crippen LogP contribution in [0, 0.1) is 5.41 Å². The minimum absolute atomic E-state index is 0.00510. The normalized spacial score (nSPS) is 18.7. The molecule has 0 saturated carbocycles. The minimum atomic E-state index is 0.00510. The third-order valence-corrected chi connectivity index (χ3v) is 2.81. The number of nitrogen functional groups attached to an aromatic ring is 1. The number of carbonyl (C=O) groups excluding carboxylic acids is 1. The monoisotopic (exact) mass is 231 g/mol. The molecule has 1 aliphatic carbocycles. The lowest BCUT2D eigenvalue weighted by Gasteiger charge is -2.29. The molecule has 3 N–H and O–H groups in total. The number of nitrogens with one attached hydrogen (secondary N) is 1. The summed E-state index contributed by atoms with van der Waals surface area (Å²) < 4.78 is 0. The molecule has 0 aromatic carbocycles. The van der Waals surface area contributed by atoms with Crippen LogP contribution < -0.4 is 11.1 Å². The van der Waals surface area contributed by atoms with Gasteiger partial charge in [-0.3, -0.25) is 9.78 Å². The predicted octanol–water partition coefficient (Wildman–Crippen LogP) is 2.35.